The summed E-state index contributed by atoms with van der Waals surface area (Å²) in [4.78, 5) is 32.1. The molecule has 0 saturated carbocycles. The van der Waals surface area contributed by atoms with Crippen molar-refractivity contribution in [1.82, 2.24) is 15.0 Å². The van der Waals surface area contributed by atoms with Gasteiger partial charge in [-0.15, -0.1) is 0 Å². The number of aromatic nitrogens is 2. The van der Waals surface area contributed by atoms with Gasteiger partial charge >= 0.3 is 0 Å². The fraction of sp³-hybridized carbons (Fsp3) is 0.250. The highest BCUT2D eigenvalue weighted by atomic mass is 16.6. The summed E-state index contributed by atoms with van der Waals surface area (Å²) in [6.07, 6.45) is 1.20. The monoisotopic (exact) mass is 247 g/mol. The Balaban J connectivity index is 2.35. The molecule has 1 N–H and O–H groups in total. The molecule has 0 spiro atoms. The zero-order valence-electron chi connectivity index (χ0n) is 9.92. The number of nitrogens with one attached hydrogen (secondary N) is 1. The van der Waals surface area contributed by atoms with Crippen molar-refractivity contribution in [2.45, 2.75) is 13.5 Å². The molecule has 1 amide bonds. The highest BCUT2D eigenvalue weighted by molar-refractivity contribution is 5.79. The molecule has 1 aromatic carbocycles. The number of carbonyl (C=O) groups excluding carboxylic acids is 1. The number of benzene rings is 1. The second-order valence-electron chi connectivity index (χ2n) is 3.63. The molecule has 94 valence electrons. The predicted octanol–water partition coefficient (Wildman–Crippen LogP) is 0.464. The van der Waals surface area contributed by atoms with E-state index in [1.807, 2.05) is 6.07 Å². The first-order chi connectivity index (χ1) is 8.72. The highest BCUT2D eigenvalue weighted by Crippen LogP contribution is 2.07. The minimum absolute atomic E-state index is 0.0954. The molecular formula is C12H13N3O3. The quantitative estimate of drug-likeness (QED) is 0.797. The third-order valence-electron chi connectivity index (χ3n) is 2.38. The summed E-state index contributed by atoms with van der Waals surface area (Å²) >= 11 is 0. The Morgan fingerprint density at radius 1 is 1.44 bits per heavy atom. The van der Waals surface area contributed by atoms with E-state index in [9.17, 15) is 9.59 Å². The van der Waals surface area contributed by atoms with Gasteiger partial charge in [0.15, 0.2) is 0 Å². The van der Waals surface area contributed by atoms with E-state index >= 15 is 0 Å². The Bertz CT molecular complexity index is 621. The van der Waals surface area contributed by atoms with Gasteiger partial charge in [-0.2, -0.15) is 0 Å². The number of amides is 1. The van der Waals surface area contributed by atoms with E-state index in [0.29, 0.717) is 17.6 Å². The van der Waals surface area contributed by atoms with E-state index < -0.39 is 0 Å². The standard InChI is InChI=1S/C12H13N3O3/c1-2-18-14-11(16)8-15-10-6-4-3-5-9(10)13-7-12(15)17/h3-7H,2,8H2,1H3,(H,14,16). The normalized spacial score (nSPS) is 10.5. The van der Waals surface area contributed by atoms with E-state index in [4.69, 9.17) is 4.84 Å². The molecule has 1 aromatic heterocycles. The molecule has 0 aliphatic heterocycles. The Morgan fingerprint density at radius 2 is 2.22 bits per heavy atom. The van der Waals surface area contributed by atoms with Gasteiger partial charge in [0.2, 0.25) is 0 Å². The molecule has 0 bridgehead atoms. The molecule has 6 heteroatoms. The summed E-state index contributed by atoms with van der Waals surface area (Å²) in [5.74, 6) is -0.379. The number of para-hydroxylation sites is 2. The van der Waals surface area contributed by atoms with Crippen LogP contribution in [0.1, 0.15) is 6.92 Å². The molecule has 0 aliphatic carbocycles. The van der Waals surface area contributed by atoms with E-state index in [2.05, 4.69) is 10.5 Å². The van der Waals surface area contributed by atoms with Gasteiger partial charge in [0.05, 0.1) is 23.8 Å². The van der Waals surface area contributed by atoms with Crippen LogP contribution in [0, 0.1) is 0 Å². The first-order valence-corrected chi connectivity index (χ1v) is 5.57. The lowest BCUT2D eigenvalue weighted by Crippen LogP contribution is -2.32. The third kappa shape index (κ3) is 2.54. The van der Waals surface area contributed by atoms with Crippen molar-refractivity contribution < 1.29 is 9.63 Å². The fourth-order valence-corrected chi connectivity index (χ4v) is 1.61. The maximum atomic E-state index is 11.7. The van der Waals surface area contributed by atoms with Crippen LogP contribution in [0.2, 0.25) is 0 Å². The molecule has 0 saturated heterocycles. The van der Waals surface area contributed by atoms with Crippen LogP contribution in [0.15, 0.2) is 35.3 Å². The fourth-order valence-electron chi connectivity index (χ4n) is 1.61. The van der Waals surface area contributed by atoms with Crippen LogP contribution in [0.3, 0.4) is 0 Å². The van der Waals surface area contributed by atoms with E-state index in [1.165, 1.54) is 10.8 Å². The van der Waals surface area contributed by atoms with Gasteiger partial charge in [0, 0.05) is 0 Å². The maximum absolute atomic E-state index is 11.7. The van der Waals surface area contributed by atoms with Crippen molar-refractivity contribution in [1.29, 1.82) is 0 Å². The molecule has 18 heavy (non-hydrogen) atoms. The van der Waals surface area contributed by atoms with Crippen molar-refractivity contribution in [3.8, 4) is 0 Å². The van der Waals surface area contributed by atoms with Gasteiger partial charge in [-0.3, -0.25) is 19.0 Å². The average Bonchev–Trinajstić information content (AvgIpc) is 2.40. The van der Waals surface area contributed by atoms with Crippen molar-refractivity contribution in [2.75, 3.05) is 6.61 Å². The maximum Gasteiger partial charge on any atom is 0.269 e. The van der Waals surface area contributed by atoms with Crippen molar-refractivity contribution in [3.63, 3.8) is 0 Å². The first-order valence-electron chi connectivity index (χ1n) is 5.57. The van der Waals surface area contributed by atoms with Crippen molar-refractivity contribution in [3.05, 3.63) is 40.8 Å². The summed E-state index contributed by atoms with van der Waals surface area (Å²) in [6, 6.07) is 7.15. The molecule has 0 fully saturated rings. The molecule has 0 atom stereocenters. The molecule has 0 aliphatic rings. The number of nitrogens with zero attached hydrogens (tertiary/aromatic N) is 2. The van der Waals surface area contributed by atoms with Crippen LogP contribution in [-0.2, 0) is 16.2 Å². The number of rotatable bonds is 4. The van der Waals surface area contributed by atoms with Gasteiger partial charge in [0.1, 0.15) is 6.54 Å². The van der Waals surface area contributed by atoms with Gasteiger partial charge in [0.25, 0.3) is 11.5 Å². The Hall–Kier alpha value is -2.21. The summed E-state index contributed by atoms with van der Waals surface area (Å²) in [5, 5.41) is 0. The minimum Gasteiger partial charge on any atom is -0.296 e. The zero-order valence-corrected chi connectivity index (χ0v) is 9.92. The smallest absolute Gasteiger partial charge is 0.269 e. The Kier molecular flexibility index (Phi) is 3.69. The van der Waals surface area contributed by atoms with Crippen LogP contribution in [0.25, 0.3) is 11.0 Å². The number of carbonyl (C=O) groups is 1. The molecule has 6 nitrogen and oxygen atoms in total. The largest absolute Gasteiger partial charge is 0.296 e. The topological polar surface area (TPSA) is 73.2 Å². The summed E-state index contributed by atoms with van der Waals surface area (Å²) < 4.78 is 1.36. The second kappa shape index (κ2) is 5.42. The van der Waals surface area contributed by atoms with Crippen LogP contribution in [0.4, 0.5) is 0 Å². The SMILES string of the molecule is CCONC(=O)Cn1c(=O)cnc2ccccc21. The van der Waals surface area contributed by atoms with Crippen molar-refractivity contribution >= 4 is 16.9 Å². The third-order valence-corrected chi connectivity index (χ3v) is 2.38. The van der Waals surface area contributed by atoms with Crippen LogP contribution in [-0.4, -0.2) is 22.1 Å². The highest BCUT2D eigenvalue weighted by Gasteiger charge is 2.08. The molecule has 0 unspecified atom stereocenters. The van der Waals surface area contributed by atoms with E-state index in [-0.39, 0.29) is 18.0 Å². The van der Waals surface area contributed by atoms with Gasteiger partial charge < -0.3 is 0 Å². The minimum atomic E-state index is -0.379. The Morgan fingerprint density at radius 3 is 3.00 bits per heavy atom. The average molecular weight is 247 g/mol. The lowest BCUT2D eigenvalue weighted by Gasteiger charge is -2.09. The van der Waals surface area contributed by atoms with E-state index in [0.717, 1.165) is 0 Å². The predicted molar refractivity (Wildman–Crippen MR) is 65.8 cm³/mol. The number of fused-ring (bicyclic) bond motifs is 1. The summed E-state index contributed by atoms with van der Waals surface area (Å²) in [7, 11) is 0. The Labute approximate surface area is 103 Å². The molecule has 2 rings (SSSR count). The molecule has 0 radical (unpaired) electrons. The van der Waals surface area contributed by atoms with Gasteiger partial charge in [-0.25, -0.2) is 10.5 Å². The van der Waals surface area contributed by atoms with Gasteiger partial charge in [-0.1, -0.05) is 12.1 Å². The van der Waals surface area contributed by atoms with Crippen LogP contribution < -0.4 is 11.0 Å². The summed E-state index contributed by atoms with van der Waals surface area (Å²) in [6.45, 7) is 2.04. The van der Waals surface area contributed by atoms with Crippen LogP contribution in [0.5, 0.6) is 0 Å². The molecule has 2 aromatic rings. The molecular weight excluding hydrogens is 234 g/mol. The number of hydrogen-bond acceptors (Lipinski definition) is 4. The lowest BCUT2D eigenvalue weighted by molar-refractivity contribution is -0.133. The lowest BCUT2D eigenvalue weighted by atomic mass is 10.3. The van der Waals surface area contributed by atoms with E-state index in [1.54, 1.807) is 25.1 Å². The van der Waals surface area contributed by atoms with Crippen LogP contribution >= 0.6 is 0 Å². The first kappa shape index (κ1) is 12.3. The number of hydrogen-bond donors (Lipinski definition) is 1. The zero-order chi connectivity index (χ0) is 13.0. The van der Waals surface area contributed by atoms with Crippen molar-refractivity contribution in [2.24, 2.45) is 0 Å². The number of hydroxylamine groups is 1. The second-order valence-corrected chi connectivity index (χ2v) is 3.63. The van der Waals surface area contributed by atoms with Gasteiger partial charge in [-0.05, 0) is 19.1 Å². The molecule has 1 heterocycles. The summed E-state index contributed by atoms with van der Waals surface area (Å²) in [5.41, 5.74) is 3.22.